The minimum Gasteiger partial charge on any atom is -0.458 e. The van der Waals surface area contributed by atoms with Crippen LogP contribution in [0.2, 0.25) is 0 Å². The summed E-state index contributed by atoms with van der Waals surface area (Å²) in [5.41, 5.74) is 38.8. The van der Waals surface area contributed by atoms with E-state index in [1.807, 2.05) is 36.4 Å². The predicted octanol–water partition coefficient (Wildman–Crippen LogP) is 24.5. The monoisotopic (exact) mass is 1760 g/mol. The average Bonchev–Trinajstić information content (AvgIpc) is 0.729. The SMILES string of the molecule is Cc1ccccc1-c1ccc2c(c1)B1c3ccccc3Oc3c(-c4ccccc4)ccc(c31)O2.Cc1ccccc1-c1ccc2c(c1)B1c3ccccc3Oc3c(-c4ccccc4C)ccc(c31)O2.Cc1ccccc1-c1ccc2c(c1)B1c3ccccc3Oc3ccc(-c4ccccc4)c(c31)O2.Cc1ccccc1-c1ccc2c3c1Oc1ccccc1B3c1cc(-c3ccccc3)ccc1O2. The lowest BCUT2D eigenvalue weighted by atomic mass is 9.34. The lowest BCUT2D eigenvalue weighted by molar-refractivity contribution is 0.465. The van der Waals surface area contributed by atoms with E-state index in [0.29, 0.717) is 0 Å². The molecule has 8 nitrogen and oxygen atoms in total. The number of aryl methyl sites for hydroxylation is 5. The molecule has 0 spiro atoms. The molecule has 20 aromatic rings. The highest BCUT2D eigenvalue weighted by atomic mass is 16.5. The van der Waals surface area contributed by atoms with E-state index < -0.39 is 0 Å². The molecule has 0 fully saturated rings. The van der Waals surface area contributed by atoms with Crippen LogP contribution in [-0.4, -0.2) is 26.9 Å². The normalized spacial score (nSPS) is 12.7. The fourth-order valence-electron chi connectivity index (χ4n) is 21.6. The molecule has 646 valence electrons. The van der Waals surface area contributed by atoms with Crippen molar-refractivity contribution in [2.75, 3.05) is 0 Å². The van der Waals surface area contributed by atoms with Crippen molar-refractivity contribution in [3.05, 3.63) is 459 Å². The number of hydrogen-bond acceptors (Lipinski definition) is 8. The van der Waals surface area contributed by atoms with Gasteiger partial charge >= 0.3 is 0 Å². The summed E-state index contributed by atoms with van der Waals surface area (Å²) in [7, 11) is 0. The van der Waals surface area contributed by atoms with Gasteiger partial charge in [0.1, 0.15) is 92.0 Å². The van der Waals surface area contributed by atoms with E-state index in [4.69, 9.17) is 37.9 Å². The highest BCUT2D eigenvalue weighted by molar-refractivity contribution is 7.00. The second kappa shape index (κ2) is 34.0. The average molecular weight is 1760 g/mol. The maximum Gasteiger partial charge on any atom is 0.260 e. The Morgan fingerprint density at radius 1 is 0.131 bits per heavy atom. The van der Waals surface area contributed by atoms with Crippen molar-refractivity contribution in [2.45, 2.75) is 34.6 Å². The zero-order valence-electron chi connectivity index (χ0n) is 76.1. The second-order valence-electron chi connectivity index (χ2n) is 36.3. The van der Waals surface area contributed by atoms with Crippen LogP contribution < -0.4 is 103 Å². The molecular formula is C125H86B4O8. The Labute approximate surface area is 799 Å². The van der Waals surface area contributed by atoms with E-state index >= 15 is 0 Å². The number of hydrogen-bond donors (Lipinski definition) is 0. The molecule has 12 heteroatoms. The molecule has 8 aliphatic rings. The Morgan fingerprint density at radius 3 is 0.650 bits per heavy atom. The van der Waals surface area contributed by atoms with Crippen molar-refractivity contribution in [2.24, 2.45) is 0 Å². The number of benzene rings is 20. The van der Waals surface area contributed by atoms with Crippen LogP contribution in [0.4, 0.5) is 0 Å². The quantitative estimate of drug-likeness (QED) is 0.139. The van der Waals surface area contributed by atoms with E-state index in [-0.39, 0.29) is 26.9 Å². The highest BCUT2D eigenvalue weighted by Crippen LogP contribution is 2.49. The third-order valence-corrected chi connectivity index (χ3v) is 28.2. The summed E-state index contributed by atoms with van der Waals surface area (Å²) < 4.78 is 52.3. The predicted molar refractivity (Wildman–Crippen MR) is 564 cm³/mol. The van der Waals surface area contributed by atoms with Gasteiger partial charge in [0, 0.05) is 44.1 Å². The van der Waals surface area contributed by atoms with E-state index in [1.54, 1.807) is 0 Å². The van der Waals surface area contributed by atoms with Gasteiger partial charge < -0.3 is 37.9 Å². The molecule has 0 atom stereocenters. The standard InChI is InChI=1S/C32H23BO2.3C31H21BO2/c1-20-9-3-5-11-23(20)22-15-17-29-27(19-22)33-26-13-7-8-14-28(26)35-32-25(16-18-30(34-29)31(32)33)24-12-6-4-10-21(24)2;1-20-9-5-6-12-23(20)22-15-17-28-26(19-22)32-25-13-7-8-14-27(25)34-31-24(21-10-3-2-4-11-21)16-18-29(33-28)30(31)32;1-20-9-5-6-12-23(20)22-15-17-28-26(19-22)32-25-13-7-8-14-27(25)33-29-18-16-24(31(34-28)30(29)32)21-10-3-2-4-11-21;1-20-9-5-6-12-23(20)24-16-18-29-30-31(24)34-27-14-8-7-13-25(27)32(30)26-19-22(15-17-28(26)33-29)21-10-3-2-4-11-21/h3-19H,1-2H3;3*2-19H,1H3. The van der Waals surface area contributed by atoms with Crippen LogP contribution >= 0.6 is 0 Å². The first-order valence-electron chi connectivity index (χ1n) is 47.0. The van der Waals surface area contributed by atoms with Crippen LogP contribution in [0, 0.1) is 34.6 Å². The van der Waals surface area contributed by atoms with Crippen LogP contribution in [0.15, 0.2) is 431 Å². The van der Waals surface area contributed by atoms with Gasteiger partial charge in [0.15, 0.2) is 0 Å². The van der Waals surface area contributed by atoms with Crippen molar-refractivity contribution < 1.29 is 37.9 Å². The van der Waals surface area contributed by atoms with Gasteiger partial charge in [0.25, 0.3) is 26.9 Å². The minimum absolute atomic E-state index is 0.0432. The molecule has 8 aliphatic heterocycles. The molecule has 0 unspecified atom stereocenters. The molecule has 0 aliphatic carbocycles. The van der Waals surface area contributed by atoms with Crippen LogP contribution in [0.3, 0.4) is 0 Å². The molecule has 0 amide bonds. The molecule has 0 saturated heterocycles. The van der Waals surface area contributed by atoms with Crippen molar-refractivity contribution in [3.8, 4) is 181 Å². The minimum atomic E-state index is 0.0432. The fraction of sp³-hybridized carbons (Fsp3) is 0.0400. The zero-order chi connectivity index (χ0) is 91.5. The maximum atomic E-state index is 6.67. The summed E-state index contributed by atoms with van der Waals surface area (Å²) in [5.74, 6) is 14.3. The first kappa shape index (κ1) is 82.0. The van der Waals surface area contributed by atoms with E-state index in [2.05, 4.69) is 429 Å². The number of para-hydroxylation sites is 4. The third-order valence-electron chi connectivity index (χ3n) is 28.2. The topological polar surface area (TPSA) is 73.8 Å². The van der Waals surface area contributed by atoms with Gasteiger partial charge in [-0.05, 0) is 270 Å². The lowest BCUT2D eigenvalue weighted by Gasteiger charge is -2.34. The van der Waals surface area contributed by atoms with Crippen LogP contribution in [0.5, 0.6) is 92.0 Å². The van der Waals surface area contributed by atoms with Crippen LogP contribution in [0.25, 0.3) is 89.0 Å². The Bertz CT molecular complexity index is 8120. The van der Waals surface area contributed by atoms with Crippen LogP contribution in [-0.2, 0) is 0 Å². The molecule has 0 N–H and O–H groups in total. The Kier molecular flexibility index (Phi) is 20.3. The second-order valence-corrected chi connectivity index (χ2v) is 36.3. The van der Waals surface area contributed by atoms with Gasteiger partial charge in [-0.2, -0.15) is 0 Å². The van der Waals surface area contributed by atoms with Crippen molar-refractivity contribution in [1.29, 1.82) is 0 Å². The third kappa shape index (κ3) is 14.3. The summed E-state index contributed by atoms with van der Waals surface area (Å²) in [5, 5.41) is 0. The first-order chi connectivity index (χ1) is 67.5. The summed E-state index contributed by atoms with van der Waals surface area (Å²) in [6, 6.07) is 151. The van der Waals surface area contributed by atoms with Crippen molar-refractivity contribution >= 4 is 92.4 Å². The first-order valence-corrected chi connectivity index (χ1v) is 47.0. The largest absolute Gasteiger partial charge is 0.458 e. The molecule has 8 heterocycles. The van der Waals surface area contributed by atoms with Gasteiger partial charge in [-0.15, -0.1) is 0 Å². The van der Waals surface area contributed by atoms with Gasteiger partial charge in [-0.1, -0.05) is 334 Å². The molecule has 0 saturated carbocycles. The summed E-state index contributed by atoms with van der Waals surface area (Å²) in [6.45, 7) is 11.0. The zero-order valence-corrected chi connectivity index (χ0v) is 76.1. The number of fused-ring (bicyclic) bond motifs is 16. The molecular weight excluding hydrogens is 1670 g/mol. The Hall–Kier alpha value is -16.9. The van der Waals surface area contributed by atoms with Crippen molar-refractivity contribution in [3.63, 3.8) is 0 Å². The maximum absolute atomic E-state index is 6.67. The molecule has 20 aromatic carbocycles. The van der Waals surface area contributed by atoms with Gasteiger partial charge in [0.2, 0.25) is 0 Å². The van der Waals surface area contributed by atoms with E-state index in [9.17, 15) is 0 Å². The van der Waals surface area contributed by atoms with Gasteiger partial charge in [-0.3, -0.25) is 0 Å². The summed E-state index contributed by atoms with van der Waals surface area (Å²) in [4.78, 5) is 0. The molecule has 0 bridgehead atoms. The number of rotatable bonds is 8. The molecule has 137 heavy (non-hydrogen) atoms. The molecule has 0 aromatic heterocycles. The fourth-order valence-corrected chi connectivity index (χ4v) is 21.6. The summed E-state index contributed by atoms with van der Waals surface area (Å²) >= 11 is 0. The smallest absolute Gasteiger partial charge is 0.260 e. The summed E-state index contributed by atoms with van der Waals surface area (Å²) in [6.07, 6.45) is 0. The number of ether oxygens (including phenoxy) is 8. The van der Waals surface area contributed by atoms with Gasteiger partial charge in [-0.25, -0.2) is 0 Å². The molecule has 28 rings (SSSR count). The van der Waals surface area contributed by atoms with E-state index in [0.717, 1.165) is 147 Å². The van der Waals surface area contributed by atoms with Crippen molar-refractivity contribution in [1.82, 2.24) is 0 Å². The molecule has 0 radical (unpaired) electrons. The highest BCUT2D eigenvalue weighted by Gasteiger charge is 2.47. The van der Waals surface area contributed by atoms with Gasteiger partial charge in [0.05, 0.1) is 0 Å². The van der Waals surface area contributed by atoms with E-state index in [1.165, 1.54) is 127 Å². The lowest BCUT2D eigenvalue weighted by Crippen LogP contribution is -2.57. The Morgan fingerprint density at radius 2 is 0.343 bits per heavy atom. The van der Waals surface area contributed by atoms with Crippen LogP contribution in [0.1, 0.15) is 27.8 Å². The Balaban J connectivity index is 0.0000000970.